The summed E-state index contributed by atoms with van der Waals surface area (Å²) in [6, 6.07) is 2.11. The van der Waals surface area contributed by atoms with Gasteiger partial charge in [-0.25, -0.2) is 0 Å². The Morgan fingerprint density at radius 1 is 1.40 bits per heavy atom. The largest absolute Gasteiger partial charge is 0.313 e. The van der Waals surface area contributed by atoms with Crippen LogP contribution in [0.1, 0.15) is 34.1 Å². The molecule has 0 radical (unpaired) electrons. The monoisotopic (exact) mass is 140 g/mol. The highest BCUT2D eigenvalue weighted by atomic mass is 14.8. The molecule has 0 bridgehead atoms. The van der Waals surface area contributed by atoms with Crippen LogP contribution >= 0.6 is 0 Å². The summed E-state index contributed by atoms with van der Waals surface area (Å²) in [5, 5.41) is 8.69. The first-order chi connectivity index (χ1) is 4.37. The molecular formula is C8H16N2. The van der Waals surface area contributed by atoms with Crippen LogP contribution in [0.25, 0.3) is 0 Å². The lowest BCUT2D eigenvalue weighted by Crippen LogP contribution is -2.48. The lowest BCUT2D eigenvalue weighted by Gasteiger charge is -2.34. The Bertz CT molecular complexity index is 151. The van der Waals surface area contributed by atoms with E-state index in [4.69, 9.17) is 11.0 Å². The van der Waals surface area contributed by atoms with E-state index in [9.17, 15) is 0 Å². The van der Waals surface area contributed by atoms with Crippen LogP contribution in [-0.4, -0.2) is 5.54 Å². The molecular weight excluding hydrogens is 124 g/mol. The lowest BCUT2D eigenvalue weighted by molar-refractivity contribution is 0.229. The van der Waals surface area contributed by atoms with Gasteiger partial charge in [0.25, 0.3) is 0 Å². The fraction of sp³-hybridized carbons (Fsp3) is 0.875. The zero-order chi connectivity index (χ0) is 8.41. The highest BCUT2D eigenvalue weighted by molar-refractivity contribution is 5.09. The van der Waals surface area contributed by atoms with Crippen molar-refractivity contribution in [2.75, 3.05) is 0 Å². The lowest BCUT2D eigenvalue weighted by atomic mass is 9.73. The van der Waals surface area contributed by atoms with Gasteiger partial charge in [0.1, 0.15) is 5.54 Å². The molecule has 0 amide bonds. The van der Waals surface area contributed by atoms with Gasteiger partial charge in [-0.1, -0.05) is 20.8 Å². The molecule has 0 aromatic heterocycles. The second kappa shape index (κ2) is 2.59. The topological polar surface area (TPSA) is 49.8 Å². The Labute approximate surface area is 63.0 Å². The molecule has 0 aliphatic heterocycles. The van der Waals surface area contributed by atoms with E-state index >= 15 is 0 Å². The van der Waals surface area contributed by atoms with Crippen LogP contribution in [0.15, 0.2) is 0 Å². The Balaban J connectivity index is 4.49. The number of nitrogens with two attached hydrogens (primary N) is 1. The zero-order valence-electron chi connectivity index (χ0n) is 7.23. The second-order valence-electron chi connectivity index (χ2n) is 3.55. The molecule has 0 aliphatic rings. The maximum atomic E-state index is 8.69. The van der Waals surface area contributed by atoms with Gasteiger partial charge in [0, 0.05) is 0 Å². The van der Waals surface area contributed by atoms with Crippen molar-refractivity contribution in [1.29, 1.82) is 5.26 Å². The number of hydrogen-bond acceptors (Lipinski definition) is 2. The molecule has 2 nitrogen and oxygen atoms in total. The summed E-state index contributed by atoms with van der Waals surface area (Å²) >= 11 is 0. The molecule has 2 N–H and O–H groups in total. The van der Waals surface area contributed by atoms with Crippen molar-refractivity contribution >= 4 is 0 Å². The standard InChI is InChI=1S/C8H16N2/c1-5-7(2,3)8(4,10)6-9/h5,10H2,1-4H3. The first kappa shape index (κ1) is 9.45. The Morgan fingerprint density at radius 3 is 1.90 bits per heavy atom. The molecule has 1 atom stereocenters. The maximum absolute atomic E-state index is 8.69. The predicted molar refractivity (Wildman–Crippen MR) is 42.3 cm³/mol. The summed E-state index contributed by atoms with van der Waals surface area (Å²) < 4.78 is 0. The van der Waals surface area contributed by atoms with E-state index in [1.807, 2.05) is 20.8 Å². The molecule has 0 aliphatic carbocycles. The SMILES string of the molecule is CCC(C)(C)C(C)(N)C#N. The smallest absolute Gasteiger partial charge is 0.106 e. The van der Waals surface area contributed by atoms with Crippen molar-refractivity contribution in [1.82, 2.24) is 0 Å². The maximum Gasteiger partial charge on any atom is 0.106 e. The summed E-state index contributed by atoms with van der Waals surface area (Å²) in [6.07, 6.45) is 0.924. The zero-order valence-corrected chi connectivity index (χ0v) is 7.23. The Hall–Kier alpha value is -0.550. The first-order valence-electron chi connectivity index (χ1n) is 3.57. The van der Waals surface area contributed by atoms with Crippen LogP contribution in [0.2, 0.25) is 0 Å². The van der Waals surface area contributed by atoms with Crippen LogP contribution in [-0.2, 0) is 0 Å². The molecule has 0 aromatic carbocycles. The van der Waals surface area contributed by atoms with E-state index in [1.165, 1.54) is 0 Å². The van der Waals surface area contributed by atoms with E-state index in [-0.39, 0.29) is 5.41 Å². The van der Waals surface area contributed by atoms with Crippen LogP contribution in [0, 0.1) is 16.7 Å². The highest BCUT2D eigenvalue weighted by Crippen LogP contribution is 2.31. The number of hydrogen-bond donors (Lipinski definition) is 1. The minimum absolute atomic E-state index is 0.0955. The van der Waals surface area contributed by atoms with Crippen LogP contribution in [0.5, 0.6) is 0 Å². The highest BCUT2D eigenvalue weighted by Gasteiger charge is 2.35. The minimum Gasteiger partial charge on any atom is -0.313 e. The second-order valence-corrected chi connectivity index (χ2v) is 3.55. The van der Waals surface area contributed by atoms with Crippen LogP contribution in [0.4, 0.5) is 0 Å². The van der Waals surface area contributed by atoms with E-state index in [2.05, 4.69) is 6.07 Å². The molecule has 2 heteroatoms. The van der Waals surface area contributed by atoms with Gasteiger partial charge in [0.05, 0.1) is 6.07 Å². The summed E-state index contributed by atoms with van der Waals surface area (Å²) in [5.74, 6) is 0. The molecule has 0 rings (SSSR count). The molecule has 0 spiro atoms. The fourth-order valence-corrected chi connectivity index (χ4v) is 0.519. The third-order valence-electron chi connectivity index (χ3n) is 2.52. The Kier molecular flexibility index (Phi) is 2.45. The molecule has 0 saturated heterocycles. The van der Waals surface area contributed by atoms with Gasteiger partial charge in [-0.15, -0.1) is 0 Å². The van der Waals surface area contributed by atoms with Crippen molar-refractivity contribution < 1.29 is 0 Å². The molecule has 0 fully saturated rings. The van der Waals surface area contributed by atoms with E-state index < -0.39 is 5.54 Å². The average Bonchev–Trinajstić information content (AvgIpc) is 1.88. The van der Waals surface area contributed by atoms with E-state index in [1.54, 1.807) is 6.92 Å². The molecule has 1 unspecified atom stereocenters. The van der Waals surface area contributed by atoms with Crippen LogP contribution < -0.4 is 5.73 Å². The number of nitrogens with zero attached hydrogens (tertiary/aromatic N) is 1. The van der Waals surface area contributed by atoms with Gasteiger partial charge in [0.2, 0.25) is 0 Å². The van der Waals surface area contributed by atoms with E-state index in [0.29, 0.717) is 0 Å². The van der Waals surface area contributed by atoms with Gasteiger partial charge in [-0.05, 0) is 18.8 Å². The van der Waals surface area contributed by atoms with Gasteiger partial charge in [-0.2, -0.15) is 5.26 Å². The van der Waals surface area contributed by atoms with Crippen molar-refractivity contribution in [2.24, 2.45) is 11.1 Å². The minimum atomic E-state index is -0.707. The predicted octanol–water partition coefficient (Wildman–Crippen LogP) is 1.66. The normalized spacial score (nSPS) is 17.6. The molecule has 0 saturated carbocycles. The third kappa shape index (κ3) is 1.48. The molecule has 0 heterocycles. The van der Waals surface area contributed by atoms with Crippen molar-refractivity contribution in [3.63, 3.8) is 0 Å². The summed E-state index contributed by atoms with van der Waals surface area (Å²) in [4.78, 5) is 0. The van der Waals surface area contributed by atoms with Gasteiger partial charge < -0.3 is 5.73 Å². The Morgan fingerprint density at radius 2 is 1.80 bits per heavy atom. The van der Waals surface area contributed by atoms with E-state index in [0.717, 1.165) is 6.42 Å². The summed E-state index contributed by atoms with van der Waals surface area (Å²) in [5.41, 5.74) is 4.94. The molecule has 58 valence electrons. The summed E-state index contributed by atoms with van der Waals surface area (Å²) in [6.45, 7) is 7.84. The summed E-state index contributed by atoms with van der Waals surface area (Å²) in [7, 11) is 0. The number of nitriles is 1. The van der Waals surface area contributed by atoms with Gasteiger partial charge in [-0.3, -0.25) is 0 Å². The number of rotatable bonds is 2. The van der Waals surface area contributed by atoms with Crippen LogP contribution in [0.3, 0.4) is 0 Å². The molecule has 10 heavy (non-hydrogen) atoms. The van der Waals surface area contributed by atoms with Gasteiger partial charge >= 0.3 is 0 Å². The van der Waals surface area contributed by atoms with Crippen molar-refractivity contribution in [3.8, 4) is 6.07 Å². The first-order valence-corrected chi connectivity index (χ1v) is 3.57. The third-order valence-corrected chi connectivity index (χ3v) is 2.52. The van der Waals surface area contributed by atoms with Crippen molar-refractivity contribution in [2.45, 2.75) is 39.7 Å². The average molecular weight is 140 g/mol. The molecule has 0 aromatic rings. The fourth-order valence-electron chi connectivity index (χ4n) is 0.519. The van der Waals surface area contributed by atoms with Gasteiger partial charge in [0.15, 0.2) is 0 Å². The van der Waals surface area contributed by atoms with Crippen molar-refractivity contribution in [3.05, 3.63) is 0 Å². The quantitative estimate of drug-likeness (QED) is 0.634.